The lowest BCUT2D eigenvalue weighted by Gasteiger charge is -2.08. The third kappa shape index (κ3) is 3.47. The lowest BCUT2D eigenvalue weighted by Crippen LogP contribution is -2.18. The molecule has 0 atom stereocenters. The van der Waals surface area contributed by atoms with Crippen LogP contribution in [0.15, 0.2) is 40.6 Å². The first-order valence-corrected chi connectivity index (χ1v) is 7.26. The van der Waals surface area contributed by atoms with E-state index < -0.39 is 5.56 Å². The monoisotopic (exact) mass is 355 g/mol. The third-order valence-electron chi connectivity index (χ3n) is 2.76. The molecule has 0 aliphatic rings. The largest absolute Gasteiger partial charge is 0.494 e. The van der Waals surface area contributed by atoms with Gasteiger partial charge in [0.2, 0.25) is 5.88 Å². The molecule has 0 unspecified atom stereocenters. The summed E-state index contributed by atoms with van der Waals surface area (Å²) in [5.41, 5.74) is -0.0564. The van der Waals surface area contributed by atoms with Crippen molar-refractivity contribution in [1.82, 2.24) is 9.55 Å². The van der Waals surface area contributed by atoms with E-state index in [1.165, 1.54) is 10.8 Å². The van der Waals surface area contributed by atoms with Crippen LogP contribution in [0.2, 0.25) is 10.0 Å². The number of allylic oxidation sites excluding steroid dienone is 1. The first kappa shape index (κ1) is 16.5. The smallest absolute Gasteiger partial charge is 0.264 e. The predicted octanol–water partition coefficient (Wildman–Crippen LogP) is 3.85. The maximum absolute atomic E-state index is 11.9. The van der Waals surface area contributed by atoms with E-state index in [9.17, 15) is 9.90 Å². The van der Waals surface area contributed by atoms with E-state index in [4.69, 9.17) is 35.4 Å². The quantitative estimate of drug-likeness (QED) is 0.497. The van der Waals surface area contributed by atoms with Gasteiger partial charge in [0, 0.05) is 12.8 Å². The molecule has 1 aromatic carbocycles. The lowest BCUT2D eigenvalue weighted by molar-refractivity contribution is 0.413. The number of H-pyrrole nitrogens is 1. The van der Waals surface area contributed by atoms with Crippen LogP contribution < -0.4 is 5.56 Å². The van der Waals surface area contributed by atoms with Crippen molar-refractivity contribution in [2.75, 3.05) is 0 Å². The molecule has 2 rings (SSSR count). The summed E-state index contributed by atoms with van der Waals surface area (Å²) in [5, 5.41) is 10.9. The van der Waals surface area contributed by atoms with Crippen LogP contribution in [0.3, 0.4) is 0 Å². The molecule has 0 aliphatic carbocycles. The molecular formula is C14H11Cl2N3O2S. The highest BCUT2D eigenvalue weighted by Crippen LogP contribution is 2.26. The first-order valence-electron chi connectivity index (χ1n) is 6.10. The minimum atomic E-state index is -0.536. The van der Waals surface area contributed by atoms with Crippen LogP contribution in [0.4, 0.5) is 5.69 Å². The molecule has 0 amide bonds. The molecular weight excluding hydrogens is 345 g/mol. The summed E-state index contributed by atoms with van der Waals surface area (Å²) in [7, 11) is 0. The molecule has 0 fully saturated rings. The van der Waals surface area contributed by atoms with Gasteiger partial charge in [-0.3, -0.25) is 19.3 Å². The molecule has 2 N–H and O–H groups in total. The van der Waals surface area contributed by atoms with Crippen molar-refractivity contribution in [3.63, 3.8) is 0 Å². The molecule has 0 bridgehead atoms. The number of aromatic amines is 1. The number of nitrogens with one attached hydrogen (secondary N) is 1. The van der Waals surface area contributed by atoms with Gasteiger partial charge in [-0.2, -0.15) is 0 Å². The predicted molar refractivity (Wildman–Crippen MR) is 91.5 cm³/mol. The summed E-state index contributed by atoms with van der Waals surface area (Å²) in [6, 6.07) is 4.77. The highest BCUT2D eigenvalue weighted by molar-refractivity contribution is 7.71. The second-order valence-corrected chi connectivity index (χ2v) is 5.45. The second kappa shape index (κ2) is 6.91. The number of aromatic nitrogens is 2. The van der Waals surface area contributed by atoms with Crippen LogP contribution in [0.25, 0.3) is 0 Å². The van der Waals surface area contributed by atoms with E-state index >= 15 is 0 Å². The Morgan fingerprint density at radius 2 is 2.14 bits per heavy atom. The Labute approximate surface area is 141 Å². The van der Waals surface area contributed by atoms with Crippen molar-refractivity contribution >= 4 is 47.3 Å². The summed E-state index contributed by atoms with van der Waals surface area (Å²) in [6.45, 7) is 3.83. The van der Waals surface area contributed by atoms with Crippen molar-refractivity contribution in [3.05, 3.63) is 61.6 Å². The van der Waals surface area contributed by atoms with Gasteiger partial charge in [-0.25, -0.2) is 0 Å². The van der Waals surface area contributed by atoms with Crippen LogP contribution in [-0.4, -0.2) is 20.9 Å². The Bertz CT molecular complexity index is 871. The van der Waals surface area contributed by atoms with E-state index in [-0.39, 0.29) is 22.8 Å². The van der Waals surface area contributed by atoms with E-state index in [1.807, 2.05) is 0 Å². The number of hydrogen-bond donors (Lipinski definition) is 2. The van der Waals surface area contributed by atoms with Crippen LogP contribution in [-0.2, 0) is 6.54 Å². The fourth-order valence-electron chi connectivity index (χ4n) is 1.69. The van der Waals surface area contributed by atoms with Gasteiger partial charge in [-0.1, -0.05) is 29.3 Å². The molecule has 1 heterocycles. The normalized spacial score (nSPS) is 11.0. The van der Waals surface area contributed by atoms with Crippen molar-refractivity contribution in [2.45, 2.75) is 6.54 Å². The Morgan fingerprint density at radius 3 is 2.77 bits per heavy atom. The molecule has 0 spiro atoms. The van der Waals surface area contributed by atoms with Gasteiger partial charge in [-0.05, 0) is 30.4 Å². The van der Waals surface area contributed by atoms with Crippen molar-refractivity contribution in [1.29, 1.82) is 0 Å². The molecule has 8 heteroatoms. The average molecular weight is 356 g/mol. The maximum atomic E-state index is 11.9. The Morgan fingerprint density at radius 1 is 1.41 bits per heavy atom. The Balaban J connectivity index is 2.48. The maximum Gasteiger partial charge on any atom is 0.264 e. The van der Waals surface area contributed by atoms with Crippen LogP contribution >= 0.6 is 35.4 Å². The zero-order valence-corrected chi connectivity index (χ0v) is 13.5. The average Bonchev–Trinajstić information content (AvgIpc) is 2.46. The Kier molecular flexibility index (Phi) is 5.18. The number of aliphatic imine (C=N–C) groups is 1. The molecule has 0 aliphatic heterocycles. The van der Waals surface area contributed by atoms with E-state index in [0.717, 1.165) is 0 Å². The Hall–Kier alpha value is -1.89. The summed E-state index contributed by atoms with van der Waals surface area (Å²) in [5.74, 6) is -0.280. The summed E-state index contributed by atoms with van der Waals surface area (Å²) in [6.07, 6.45) is 2.79. The van der Waals surface area contributed by atoms with E-state index in [2.05, 4.69) is 16.6 Å². The summed E-state index contributed by atoms with van der Waals surface area (Å²) in [4.78, 5) is 18.5. The van der Waals surface area contributed by atoms with E-state index in [0.29, 0.717) is 15.7 Å². The van der Waals surface area contributed by atoms with E-state index in [1.54, 1.807) is 24.3 Å². The van der Waals surface area contributed by atoms with Gasteiger partial charge in [0.25, 0.3) is 5.56 Å². The molecule has 0 saturated heterocycles. The van der Waals surface area contributed by atoms with Gasteiger partial charge < -0.3 is 5.11 Å². The number of hydrogen-bond acceptors (Lipinski definition) is 4. The van der Waals surface area contributed by atoms with Gasteiger partial charge in [-0.15, -0.1) is 6.58 Å². The lowest BCUT2D eigenvalue weighted by atomic mass is 10.3. The van der Waals surface area contributed by atoms with Crippen molar-refractivity contribution < 1.29 is 5.11 Å². The van der Waals surface area contributed by atoms with Crippen LogP contribution in [0.5, 0.6) is 5.88 Å². The summed E-state index contributed by atoms with van der Waals surface area (Å²) >= 11 is 16.7. The fraction of sp³-hybridized carbons (Fsp3) is 0.0714. The minimum absolute atomic E-state index is 0.0125. The zero-order valence-electron chi connectivity index (χ0n) is 11.2. The zero-order chi connectivity index (χ0) is 16.3. The van der Waals surface area contributed by atoms with Crippen molar-refractivity contribution in [2.24, 2.45) is 4.99 Å². The number of aromatic hydroxyl groups is 1. The van der Waals surface area contributed by atoms with Crippen molar-refractivity contribution in [3.8, 4) is 5.88 Å². The molecule has 1 aromatic heterocycles. The standard InChI is InChI=1S/C14H11Cl2N3O2S/c1-2-5-19-13(21)9(12(20)18-14(19)22)7-17-8-3-4-10(15)11(16)6-8/h2-4,6-7,21H,1,5H2,(H,18,20,22). The number of benzene rings is 1. The van der Waals surface area contributed by atoms with Crippen LogP contribution in [0, 0.1) is 4.77 Å². The molecule has 5 nitrogen and oxygen atoms in total. The topological polar surface area (TPSA) is 70.4 Å². The fourth-order valence-corrected chi connectivity index (χ4v) is 2.24. The molecule has 114 valence electrons. The third-order valence-corrected chi connectivity index (χ3v) is 3.83. The highest BCUT2D eigenvalue weighted by atomic mass is 35.5. The molecule has 2 aromatic rings. The number of nitrogens with zero attached hydrogens (tertiary/aromatic N) is 2. The van der Waals surface area contributed by atoms with Gasteiger partial charge in [0.15, 0.2) is 4.77 Å². The number of halogens is 2. The van der Waals surface area contributed by atoms with Crippen LogP contribution in [0.1, 0.15) is 5.56 Å². The van der Waals surface area contributed by atoms with Gasteiger partial charge >= 0.3 is 0 Å². The molecule has 0 saturated carbocycles. The SMILES string of the molecule is C=CCn1c(O)c(C=Nc2ccc(Cl)c(Cl)c2)c(=O)[nH]c1=S. The summed E-state index contributed by atoms with van der Waals surface area (Å²) < 4.78 is 1.44. The first-order chi connectivity index (χ1) is 10.4. The molecule has 22 heavy (non-hydrogen) atoms. The number of rotatable bonds is 4. The minimum Gasteiger partial charge on any atom is -0.494 e. The molecule has 0 radical (unpaired) electrons. The van der Waals surface area contributed by atoms with Gasteiger partial charge in [0.05, 0.1) is 15.7 Å². The highest BCUT2D eigenvalue weighted by Gasteiger charge is 2.10. The second-order valence-electron chi connectivity index (χ2n) is 4.25. The van der Waals surface area contributed by atoms with Gasteiger partial charge in [0.1, 0.15) is 5.56 Å².